The maximum atomic E-state index is 11.9. The van der Waals surface area contributed by atoms with E-state index in [-0.39, 0.29) is 16.8 Å². The van der Waals surface area contributed by atoms with Crippen molar-refractivity contribution < 1.29 is 9.53 Å². The first-order chi connectivity index (χ1) is 13.6. The van der Waals surface area contributed by atoms with E-state index in [1.807, 2.05) is 0 Å². The SMILES string of the molecule is CCOC(=O)c1ccc(C(N=O)c2cc3c(cc2C)C(C)(C)CCC3(C)C)cc1. The summed E-state index contributed by atoms with van der Waals surface area (Å²) in [6, 6.07) is 10.8. The predicted octanol–water partition coefficient (Wildman–Crippen LogP) is 6.38. The molecule has 1 atom stereocenters. The highest BCUT2D eigenvalue weighted by molar-refractivity contribution is 5.89. The predicted molar refractivity (Wildman–Crippen MR) is 117 cm³/mol. The van der Waals surface area contributed by atoms with Gasteiger partial charge in [0.2, 0.25) is 0 Å². The first-order valence-electron chi connectivity index (χ1n) is 10.4. The van der Waals surface area contributed by atoms with Gasteiger partial charge in [0.15, 0.2) is 0 Å². The molecule has 1 aliphatic carbocycles. The molecule has 154 valence electrons. The number of hydrogen-bond acceptors (Lipinski definition) is 4. The third-order valence-electron chi connectivity index (χ3n) is 6.38. The number of aryl methyl sites for hydroxylation is 1. The summed E-state index contributed by atoms with van der Waals surface area (Å²) in [6.45, 7) is 13.3. The van der Waals surface area contributed by atoms with Crippen molar-refractivity contribution in [3.63, 3.8) is 0 Å². The van der Waals surface area contributed by atoms with E-state index in [0.717, 1.165) is 29.5 Å². The van der Waals surface area contributed by atoms with E-state index in [9.17, 15) is 9.70 Å². The molecule has 0 saturated carbocycles. The van der Waals surface area contributed by atoms with Crippen molar-refractivity contribution in [2.24, 2.45) is 5.18 Å². The summed E-state index contributed by atoms with van der Waals surface area (Å²) in [5, 5.41) is 3.47. The molecule has 4 nitrogen and oxygen atoms in total. The number of carbonyl (C=O) groups is 1. The molecule has 1 aliphatic rings. The number of nitrogens with zero attached hydrogens (tertiary/aromatic N) is 1. The van der Waals surface area contributed by atoms with Crippen LogP contribution in [-0.4, -0.2) is 12.6 Å². The number of ether oxygens (including phenoxy) is 1. The molecule has 4 heteroatoms. The molecule has 3 rings (SSSR count). The van der Waals surface area contributed by atoms with E-state index < -0.39 is 6.04 Å². The van der Waals surface area contributed by atoms with Crippen molar-refractivity contribution in [1.29, 1.82) is 0 Å². The Bertz CT molecular complexity index is 926. The Hall–Kier alpha value is -2.49. The quantitative estimate of drug-likeness (QED) is 0.438. The Morgan fingerprint density at radius 2 is 1.59 bits per heavy atom. The van der Waals surface area contributed by atoms with Crippen molar-refractivity contribution in [1.82, 2.24) is 0 Å². The van der Waals surface area contributed by atoms with Gasteiger partial charge in [0.1, 0.15) is 6.04 Å². The Kier molecular flexibility index (Phi) is 5.66. The summed E-state index contributed by atoms with van der Waals surface area (Å²) in [4.78, 5) is 23.8. The van der Waals surface area contributed by atoms with Gasteiger partial charge in [-0.3, -0.25) is 0 Å². The lowest BCUT2D eigenvalue weighted by Gasteiger charge is -2.42. The zero-order valence-electron chi connectivity index (χ0n) is 18.3. The molecule has 0 bridgehead atoms. The van der Waals surface area contributed by atoms with E-state index in [0.29, 0.717) is 12.2 Å². The van der Waals surface area contributed by atoms with Crippen molar-refractivity contribution in [2.45, 2.75) is 71.3 Å². The second-order valence-electron chi connectivity index (χ2n) is 9.37. The summed E-state index contributed by atoms with van der Waals surface area (Å²) >= 11 is 0. The summed E-state index contributed by atoms with van der Waals surface area (Å²) in [5.74, 6) is -0.358. The lowest BCUT2D eigenvalue weighted by molar-refractivity contribution is 0.0526. The topological polar surface area (TPSA) is 55.7 Å². The van der Waals surface area contributed by atoms with Crippen molar-refractivity contribution in [3.05, 3.63) is 74.7 Å². The fourth-order valence-corrected chi connectivity index (χ4v) is 4.35. The van der Waals surface area contributed by atoms with Gasteiger partial charge in [0.25, 0.3) is 0 Å². The van der Waals surface area contributed by atoms with Crippen molar-refractivity contribution in [3.8, 4) is 0 Å². The van der Waals surface area contributed by atoms with Crippen LogP contribution in [0.15, 0.2) is 41.6 Å². The summed E-state index contributed by atoms with van der Waals surface area (Å²) in [5.41, 5.74) is 6.15. The normalized spacial score (nSPS) is 17.9. The Balaban J connectivity index is 2.05. The number of nitroso groups, excluding NO2 is 1. The molecule has 29 heavy (non-hydrogen) atoms. The van der Waals surface area contributed by atoms with Crippen LogP contribution in [0.5, 0.6) is 0 Å². The Labute approximate surface area is 173 Å². The Morgan fingerprint density at radius 3 is 2.10 bits per heavy atom. The van der Waals surface area contributed by atoms with Gasteiger partial charge in [0.05, 0.1) is 12.2 Å². The van der Waals surface area contributed by atoms with Crippen LogP contribution in [0.4, 0.5) is 0 Å². The molecule has 2 aromatic carbocycles. The lowest BCUT2D eigenvalue weighted by Crippen LogP contribution is -2.34. The molecule has 1 unspecified atom stereocenters. The van der Waals surface area contributed by atoms with Crippen LogP contribution >= 0.6 is 0 Å². The van der Waals surface area contributed by atoms with Gasteiger partial charge in [-0.05, 0) is 77.5 Å². The van der Waals surface area contributed by atoms with E-state index in [1.165, 1.54) is 11.1 Å². The van der Waals surface area contributed by atoms with Crippen molar-refractivity contribution >= 4 is 5.97 Å². The minimum atomic E-state index is -0.600. The summed E-state index contributed by atoms with van der Waals surface area (Å²) in [7, 11) is 0. The van der Waals surface area contributed by atoms with Gasteiger partial charge in [-0.1, -0.05) is 57.1 Å². The average Bonchev–Trinajstić information content (AvgIpc) is 2.68. The average molecular weight is 394 g/mol. The number of hydrogen-bond donors (Lipinski definition) is 0. The highest BCUT2D eigenvalue weighted by Crippen LogP contribution is 2.47. The lowest BCUT2D eigenvalue weighted by atomic mass is 9.62. The molecular weight excluding hydrogens is 362 g/mol. The molecular formula is C25H31NO3. The first kappa shape index (κ1) is 21.2. The first-order valence-corrected chi connectivity index (χ1v) is 10.4. The molecule has 0 spiro atoms. The van der Waals surface area contributed by atoms with Crippen LogP contribution in [0.25, 0.3) is 0 Å². The number of fused-ring (bicyclic) bond motifs is 1. The van der Waals surface area contributed by atoms with Gasteiger partial charge in [0, 0.05) is 0 Å². The van der Waals surface area contributed by atoms with Gasteiger partial charge in [-0.2, -0.15) is 0 Å². The maximum absolute atomic E-state index is 11.9. The molecule has 2 aromatic rings. The highest BCUT2D eigenvalue weighted by Gasteiger charge is 2.38. The third kappa shape index (κ3) is 3.98. The molecule has 0 amide bonds. The largest absolute Gasteiger partial charge is 0.462 e. The zero-order valence-corrected chi connectivity index (χ0v) is 18.3. The fraction of sp³-hybridized carbons (Fsp3) is 0.480. The van der Waals surface area contributed by atoms with Gasteiger partial charge < -0.3 is 4.74 Å². The van der Waals surface area contributed by atoms with E-state index in [2.05, 4.69) is 51.9 Å². The van der Waals surface area contributed by atoms with Crippen LogP contribution in [0, 0.1) is 11.8 Å². The van der Waals surface area contributed by atoms with E-state index >= 15 is 0 Å². The number of benzene rings is 2. The number of rotatable bonds is 5. The molecule has 0 saturated heterocycles. The van der Waals surface area contributed by atoms with Crippen LogP contribution in [0.3, 0.4) is 0 Å². The molecule has 0 aromatic heterocycles. The molecule has 0 heterocycles. The van der Waals surface area contributed by atoms with Crippen LogP contribution in [-0.2, 0) is 15.6 Å². The third-order valence-corrected chi connectivity index (χ3v) is 6.38. The fourth-order valence-electron chi connectivity index (χ4n) is 4.35. The maximum Gasteiger partial charge on any atom is 0.338 e. The molecule has 0 aliphatic heterocycles. The minimum Gasteiger partial charge on any atom is -0.462 e. The Morgan fingerprint density at radius 1 is 1.03 bits per heavy atom. The number of esters is 1. The van der Waals surface area contributed by atoms with Gasteiger partial charge in [-0.25, -0.2) is 4.79 Å². The van der Waals surface area contributed by atoms with E-state index in [1.54, 1.807) is 31.2 Å². The highest BCUT2D eigenvalue weighted by atomic mass is 16.5. The van der Waals surface area contributed by atoms with Crippen LogP contribution < -0.4 is 0 Å². The molecule has 0 fully saturated rings. The van der Waals surface area contributed by atoms with Crippen LogP contribution in [0.2, 0.25) is 0 Å². The standard InChI is InChI=1S/C25H31NO3/c1-7-29-23(27)18-10-8-17(9-11-18)22(26-28)19-15-21-20(14-16(19)2)24(3,4)12-13-25(21,5)6/h8-11,14-15,22H,7,12-13H2,1-6H3. The molecule has 0 radical (unpaired) electrons. The molecule has 0 N–H and O–H groups in total. The van der Waals surface area contributed by atoms with Gasteiger partial charge >= 0.3 is 5.97 Å². The summed E-state index contributed by atoms with van der Waals surface area (Å²) < 4.78 is 5.04. The monoisotopic (exact) mass is 393 g/mol. The van der Waals surface area contributed by atoms with E-state index in [4.69, 9.17) is 4.74 Å². The second-order valence-corrected chi connectivity index (χ2v) is 9.37. The zero-order chi connectivity index (χ0) is 21.4. The smallest absolute Gasteiger partial charge is 0.338 e. The minimum absolute atomic E-state index is 0.0640. The van der Waals surface area contributed by atoms with Crippen molar-refractivity contribution in [2.75, 3.05) is 6.61 Å². The second kappa shape index (κ2) is 7.74. The van der Waals surface area contributed by atoms with Crippen LogP contribution in [0.1, 0.15) is 91.7 Å². The van der Waals surface area contributed by atoms with Gasteiger partial charge in [-0.15, -0.1) is 4.91 Å². The number of carbonyl (C=O) groups excluding carboxylic acids is 1. The summed E-state index contributed by atoms with van der Waals surface area (Å²) in [6.07, 6.45) is 2.26.